The summed E-state index contributed by atoms with van der Waals surface area (Å²) in [7, 11) is 7.03. The van der Waals surface area contributed by atoms with Crippen LogP contribution in [-0.2, 0) is 11.5 Å². The van der Waals surface area contributed by atoms with E-state index in [1.54, 1.807) is 21.6 Å². The van der Waals surface area contributed by atoms with E-state index < -0.39 is 0 Å². The predicted molar refractivity (Wildman–Crippen MR) is 135 cm³/mol. The van der Waals surface area contributed by atoms with Gasteiger partial charge in [0.15, 0.2) is 0 Å². The van der Waals surface area contributed by atoms with Gasteiger partial charge >= 0.3 is 0 Å². The lowest BCUT2D eigenvalue weighted by molar-refractivity contribution is 0.482. The lowest BCUT2D eigenvalue weighted by atomic mass is 10.2. The molecule has 0 radical (unpaired) electrons. The molecule has 0 unspecified atom stereocenters. The summed E-state index contributed by atoms with van der Waals surface area (Å²) in [5, 5.41) is 0. The summed E-state index contributed by atoms with van der Waals surface area (Å²) < 4.78 is 1.96. The minimum atomic E-state index is 0.973. The van der Waals surface area contributed by atoms with Crippen molar-refractivity contribution in [3.63, 3.8) is 0 Å². The van der Waals surface area contributed by atoms with Gasteiger partial charge in [0, 0.05) is 37.7 Å². The average Bonchev–Trinajstić information content (AvgIpc) is 2.65. The summed E-state index contributed by atoms with van der Waals surface area (Å²) in [6.45, 7) is 12.5. The van der Waals surface area contributed by atoms with Crippen molar-refractivity contribution in [1.29, 1.82) is 0 Å². The Labute approximate surface area is 185 Å². The minimum Gasteiger partial charge on any atom is -0.357 e. The zero-order chi connectivity index (χ0) is 19.4. The van der Waals surface area contributed by atoms with Gasteiger partial charge in [-0.15, -0.1) is 0 Å². The molecule has 0 atom stereocenters. The van der Waals surface area contributed by atoms with Crippen LogP contribution in [-0.4, -0.2) is 44.6 Å². The van der Waals surface area contributed by atoms with Crippen LogP contribution in [0, 0.1) is 0 Å². The van der Waals surface area contributed by atoms with Crippen molar-refractivity contribution in [1.82, 2.24) is 9.80 Å². The first-order chi connectivity index (χ1) is 12.5. The zero-order valence-corrected chi connectivity index (χ0v) is 20.8. The SMILES string of the molecule is CCN(CC)C(=S)SSCc1ccc(CSSC(=S)N(CC)CC)cc1. The molecule has 0 saturated carbocycles. The molecule has 0 bridgehead atoms. The number of hydrogen-bond donors (Lipinski definition) is 0. The van der Waals surface area contributed by atoms with Gasteiger partial charge in [-0.25, -0.2) is 0 Å². The minimum absolute atomic E-state index is 0.973. The van der Waals surface area contributed by atoms with Crippen LogP contribution in [0.25, 0.3) is 0 Å². The van der Waals surface area contributed by atoms with Crippen molar-refractivity contribution >= 4 is 76.3 Å². The summed E-state index contributed by atoms with van der Waals surface area (Å²) in [5.74, 6) is 1.95. The first-order valence-electron chi connectivity index (χ1n) is 8.80. The third kappa shape index (κ3) is 9.06. The Bertz CT molecular complexity index is 492. The maximum atomic E-state index is 5.46. The highest BCUT2D eigenvalue weighted by atomic mass is 33.1. The van der Waals surface area contributed by atoms with Gasteiger partial charge in [-0.05, 0) is 60.4 Å². The average molecular weight is 465 g/mol. The van der Waals surface area contributed by atoms with E-state index in [4.69, 9.17) is 24.4 Å². The lowest BCUT2D eigenvalue weighted by Crippen LogP contribution is -2.25. The summed E-state index contributed by atoms with van der Waals surface area (Å²) in [4.78, 5) is 4.43. The highest BCUT2D eigenvalue weighted by Crippen LogP contribution is 2.31. The Hall–Kier alpha value is 0.400. The van der Waals surface area contributed by atoms with E-state index >= 15 is 0 Å². The molecular weight excluding hydrogens is 437 g/mol. The fourth-order valence-electron chi connectivity index (χ4n) is 2.10. The second-order valence-electron chi connectivity index (χ2n) is 5.38. The van der Waals surface area contributed by atoms with Crippen LogP contribution in [0.2, 0.25) is 0 Å². The Morgan fingerprint density at radius 2 is 1.00 bits per heavy atom. The Balaban J connectivity index is 2.33. The van der Waals surface area contributed by atoms with Crippen molar-refractivity contribution in [3.8, 4) is 0 Å². The molecule has 26 heavy (non-hydrogen) atoms. The Morgan fingerprint density at radius 1 is 0.692 bits per heavy atom. The van der Waals surface area contributed by atoms with Crippen LogP contribution in [0.1, 0.15) is 38.8 Å². The monoisotopic (exact) mass is 464 g/mol. The molecule has 1 aromatic carbocycles. The molecule has 0 aliphatic carbocycles. The molecule has 0 heterocycles. The van der Waals surface area contributed by atoms with Gasteiger partial charge < -0.3 is 9.80 Å². The normalized spacial score (nSPS) is 10.6. The van der Waals surface area contributed by atoms with E-state index in [0.717, 1.165) is 46.3 Å². The quantitative estimate of drug-likeness (QED) is 0.275. The van der Waals surface area contributed by atoms with Crippen LogP contribution in [0.3, 0.4) is 0 Å². The first-order valence-corrected chi connectivity index (χ1v) is 14.3. The highest BCUT2D eigenvalue weighted by Gasteiger charge is 2.08. The molecule has 146 valence electrons. The second kappa shape index (κ2) is 14.4. The van der Waals surface area contributed by atoms with Crippen LogP contribution in [0.15, 0.2) is 24.3 Å². The van der Waals surface area contributed by atoms with Gasteiger partial charge in [0.05, 0.1) is 0 Å². The molecule has 1 rings (SSSR count). The first kappa shape index (κ1) is 24.4. The lowest BCUT2D eigenvalue weighted by Gasteiger charge is -2.20. The van der Waals surface area contributed by atoms with E-state index in [1.165, 1.54) is 11.1 Å². The number of rotatable bonds is 10. The van der Waals surface area contributed by atoms with Crippen LogP contribution < -0.4 is 0 Å². The fourth-order valence-corrected chi connectivity index (χ4v) is 7.59. The van der Waals surface area contributed by atoms with E-state index in [1.807, 2.05) is 21.6 Å². The molecule has 2 nitrogen and oxygen atoms in total. The molecular formula is C18H28N2S6. The smallest absolute Gasteiger partial charge is 0.147 e. The van der Waals surface area contributed by atoms with Crippen molar-refractivity contribution in [2.24, 2.45) is 0 Å². The van der Waals surface area contributed by atoms with Gasteiger partial charge in [-0.1, -0.05) is 70.3 Å². The van der Waals surface area contributed by atoms with Crippen molar-refractivity contribution < 1.29 is 0 Å². The molecule has 0 saturated heterocycles. The highest BCUT2D eigenvalue weighted by molar-refractivity contribution is 8.83. The molecule has 8 heteroatoms. The molecule has 0 aliphatic heterocycles. The summed E-state index contributed by atoms with van der Waals surface area (Å²) in [5.41, 5.74) is 2.68. The standard InChI is InChI=1S/C18H28N2S6/c1-5-19(6-2)17(21)25-23-13-15-9-11-16(12-10-15)14-24-26-18(22)20(7-3)8-4/h9-12H,5-8,13-14H2,1-4H3. The molecule has 0 N–H and O–H groups in total. The summed E-state index contributed by atoms with van der Waals surface area (Å²) in [6.07, 6.45) is 0. The van der Waals surface area contributed by atoms with Crippen molar-refractivity contribution in [2.45, 2.75) is 39.2 Å². The number of nitrogens with zero attached hydrogens (tertiary/aromatic N) is 2. The van der Waals surface area contributed by atoms with Crippen LogP contribution in [0.4, 0.5) is 0 Å². The maximum absolute atomic E-state index is 5.46. The van der Waals surface area contributed by atoms with Crippen molar-refractivity contribution in [2.75, 3.05) is 26.2 Å². The largest absolute Gasteiger partial charge is 0.357 e. The molecule has 0 spiro atoms. The third-order valence-electron chi connectivity index (χ3n) is 3.78. The molecule has 0 aliphatic rings. The van der Waals surface area contributed by atoms with Crippen LogP contribution >= 0.6 is 67.6 Å². The molecule has 0 fully saturated rings. The van der Waals surface area contributed by atoms with Gasteiger partial charge in [0.2, 0.25) is 0 Å². The Kier molecular flexibility index (Phi) is 13.5. The molecule has 0 amide bonds. The second-order valence-corrected chi connectivity index (χ2v) is 11.2. The van der Waals surface area contributed by atoms with E-state index in [2.05, 4.69) is 61.8 Å². The maximum Gasteiger partial charge on any atom is 0.147 e. The third-order valence-corrected chi connectivity index (χ3v) is 9.73. The number of thiocarbonyl (C=S) groups is 2. The summed E-state index contributed by atoms with van der Waals surface area (Å²) in [6, 6.07) is 8.88. The topological polar surface area (TPSA) is 6.48 Å². The predicted octanol–water partition coefficient (Wildman–Crippen LogP) is 6.70. The van der Waals surface area contributed by atoms with Crippen LogP contribution in [0.5, 0.6) is 0 Å². The van der Waals surface area contributed by atoms with Gasteiger partial charge in [-0.3, -0.25) is 0 Å². The number of hydrogen-bond acceptors (Lipinski definition) is 6. The Morgan fingerprint density at radius 3 is 1.27 bits per heavy atom. The van der Waals surface area contributed by atoms with Gasteiger partial charge in [0.25, 0.3) is 0 Å². The number of benzene rings is 1. The fraction of sp³-hybridized carbons (Fsp3) is 0.556. The van der Waals surface area contributed by atoms with E-state index in [9.17, 15) is 0 Å². The summed E-state index contributed by atoms with van der Waals surface area (Å²) >= 11 is 10.9. The van der Waals surface area contributed by atoms with E-state index in [0.29, 0.717) is 0 Å². The zero-order valence-electron chi connectivity index (χ0n) is 15.9. The van der Waals surface area contributed by atoms with Crippen molar-refractivity contribution in [3.05, 3.63) is 35.4 Å². The molecule has 1 aromatic rings. The molecule has 0 aromatic heterocycles. The van der Waals surface area contributed by atoms with E-state index in [-0.39, 0.29) is 0 Å². The van der Waals surface area contributed by atoms with Gasteiger partial charge in [0.1, 0.15) is 8.64 Å². The van der Waals surface area contributed by atoms with Gasteiger partial charge in [-0.2, -0.15) is 0 Å².